The zero-order chi connectivity index (χ0) is 25.5. The molecule has 5 heterocycles. The topological polar surface area (TPSA) is 57.1 Å². The third-order valence-electron chi connectivity index (χ3n) is 7.60. The van der Waals surface area contributed by atoms with Gasteiger partial charge in [-0.05, 0) is 64.3 Å². The van der Waals surface area contributed by atoms with Gasteiger partial charge in [0.05, 0.1) is 27.8 Å². The Morgan fingerprint density at radius 3 is 2.28 bits per heavy atom. The summed E-state index contributed by atoms with van der Waals surface area (Å²) in [5, 5.41) is 0. The Bertz CT molecular complexity index is 1330. The van der Waals surface area contributed by atoms with E-state index in [4.69, 9.17) is 14.3 Å². The summed E-state index contributed by atoms with van der Waals surface area (Å²) in [4.78, 5) is 10.0. The molecule has 9 heteroatoms. The van der Waals surface area contributed by atoms with E-state index < -0.39 is 18.3 Å². The van der Waals surface area contributed by atoms with Crippen LogP contribution in [0.15, 0.2) is 30.5 Å². The van der Waals surface area contributed by atoms with E-state index in [0.29, 0.717) is 0 Å². The van der Waals surface area contributed by atoms with Crippen molar-refractivity contribution in [3.63, 3.8) is 0 Å². The number of aromatic nitrogens is 3. The number of nitrogens with zero attached hydrogens (tertiary/aromatic N) is 3. The molecule has 0 radical (unpaired) electrons. The predicted molar refractivity (Wildman–Crippen MR) is 155 cm³/mol. The highest BCUT2D eigenvalue weighted by molar-refractivity contribution is 7.24. The van der Waals surface area contributed by atoms with Gasteiger partial charge < -0.3 is 9.31 Å². The van der Waals surface area contributed by atoms with Crippen LogP contribution in [0.2, 0.25) is 0 Å². The fourth-order valence-electron chi connectivity index (χ4n) is 4.56. The number of unbranched alkanes of at least 4 members (excludes halogenated alkanes) is 1. The lowest BCUT2D eigenvalue weighted by Gasteiger charge is -2.32. The smallest absolute Gasteiger partial charge is 0.399 e. The fourth-order valence-corrected chi connectivity index (χ4v) is 7.34. The zero-order valence-electron chi connectivity index (χ0n) is 22.0. The summed E-state index contributed by atoms with van der Waals surface area (Å²) in [5.74, 6) is 0.785. The molecular formula is C27H34BN3O2S3. The molecule has 0 saturated carbocycles. The number of thiophene rings is 2. The van der Waals surface area contributed by atoms with Gasteiger partial charge in [0.2, 0.25) is 0 Å². The van der Waals surface area contributed by atoms with E-state index in [0.717, 1.165) is 33.0 Å². The standard InChI is InChI=1S/C27H34BN3O2S3/c1-7-9-10-17(8-2)15-18-11-12-20(34-18)21-13-14-22(35-21)24-25-23(30-36-31-25)19(16-29-24)28-32-26(3,4)27(5,6)33-28/h11-14,16-17H,7-10,15H2,1-6H3. The highest BCUT2D eigenvalue weighted by Crippen LogP contribution is 2.40. The van der Waals surface area contributed by atoms with Gasteiger partial charge in [-0.2, -0.15) is 8.75 Å². The monoisotopic (exact) mass is 539 g/mol. The van der Waals surface area contributed by atoms with E-state index in [9.17, 15) is 0 Å². The normalized spacial score (nSPS) is 17.8. The number of hydrogen-bond acceptors (Lipinski definition) is 8. The van der Waals surface area contributed by atoms with Gasteiger partial charge in [-0.3, -0.25) is 4.98 Å². The Morgan fingerprint density at radius 1 is 0.889 bits per heavy atom. The van der Waals surface area contributed by atoms with Crippen molar-refractivity contribution in [2.24, 2.45) is 5.92 Å². The van der Waals surface area contributed by atoms with Gasteiger partial charge in [-0.15, -0.1) is 22.7 Å². The van der Waals surface area contributed by atoms with Crippen molar-refractivity contribution in [1.29, 1.82) is 0 Å². The van der Waals surface area contributed by atoms with Gasteiger partial charge in [-0.25, -0.2) is 0 Å². The summed E-state index contributed by atoms with van der Waals surface area (Å²) in [5.41, 5.74) is 2.51. The minimum Gasteiger partial charge on any atom is -0.399 e. The first-order valence-corrected chi connectivity index (χ1v) is 15.2. The number of pyridine rings is 1. The van der Waals surface area contributed by atoms with Crippen LogP contribution in [0, 0.1) is 5.92 Å². The number of fused-ring (bicyclic) bond motifs is 1. The third kappa shape index (κ3) is 4.93. The highest BCUT2D eigenvalue weighted by Gasteiger charge is 2.52. The van der Waals surface area contributed by atoms with Gasteiger partial charge in [0, 0.05) is 26.3 Å². The minimum atomic E-state index is -0.504. The second kappa shape index (κ2) is 10.3. The van der Waals surface area contributed by atoms with Gasteiger partial charge in [0.15, 0.2) is 0 Å². The average Bonchev–Trinajstić information content (AvgIpc) is 3.62. The van der Waals surface area contributed by atoms with Gasteiger partial charge in [0.25, 0.3) is 0 Å². The maximum absolute atomic E-state index is 6.27. The molecule has 1 atom stereocenters. The molecule has 4 aromatic rings. The molecule has 1 fully saturated rings. The lowest BCUT2D eigenvalue weighted by molar-refractivity contribution is 0.00578. The van der Waals surface area contributed by atoms with Crippen LogP contribution in [0.5, 0.6) is 0 Å². The predicted octanol–water partition coefficient (Wildman–Crippen LogP) is 7.60. The summed E-state index contributed by atoms with van der Waals surface area (Å²) in [6, 6.07) is 8.95. The van der Waals surface area contributed by atoms with Crippen LogP contribution < -0.4 is 5.46 Å². The number of rotatable bonds is 9. The van der Waals surface area contributed by atoms with Crippen LogP contribution in [-0.4, -0.2) is 32.1 Å². The van der Waals surface area contributed by atoms with Crippen molar-refractivity contribution in [2.45, 2.75) is 84.8 Å². The zero-order valence-corrected chi connectivity index (χ0v) is 24.4. The van der Waals surface area contributed by atoms with Gasteiger partial charge in [0.1, 0.15) is 16.7 Å². The minimum absolute atomic E-state index is 0.415. The molecule has 1 aliphatic rings. The lowest BCUT2D eigenvalue weighted by Crippen LogP contribution is -2.41. The molecule has 5 rings (SSSR count). The van der Waals surface area contributed by atoms with Gasteiger partial charge in [-0.1, -0.05) is 39.5 Å². The molecule has 0 bridgehead atoms. The Balaban J connectivity index is 1.39. The van der Waals surface area contributed by atoms with Crippen LogP contribution in [0.25, 0.3) is 31.4 Å². The second-order valence-electron chi connectivity index (χ2n) is 10.7. The van der Waals surface area contributed by atoms with Crippen molar-refractivity contribution in [3.8, 4) is 20.3 Å². The molecule has 0 aliphatic carbocycles. The van der Waals surface area contributed by atoms with Crippen molar-refractivity contribution < 1.29 is 9.31 Å². The van der Waals surface area contributed by atoms with Crippen molar-refractivity contribution in [1.82, 2.24) is 13.7 Å². The Labute approximate surface area is 226 Å². The van der Waals surface area contributed by atoms with E-state index in [-0.39, 0.29) is 0 Å². The lowest BCUT2D eigenvalue weighted by atomic mass is 9.79. The molecule has 0 amide bonds. The number of hydrogen-bond donors (Lipinski definition) is 0. The van der Waals surface area contributed by atoms with Crippen molar-refractivity contribution >= 4 is 58.0 Å². The molecule has 0 spiro atoms. The van der Waals surface area contributed by atoms with Crippen LogP contribution in [-0.2, 0) is 15.7 Å². The molecule has 1 aliphatic heterocycles. The molecule has 0 aromatic carbocycles. The summed E-state index contributed by atoms with van der Waals surface area (Å²) in [6.45, 7) is 12.8. The Morgan fingerprint density at radius 2 is 1.56 bits per heavy atom. The van der Waals surface area contributed by atoms with Crippen LogP contribution >= 0.6 is 34.4 Å². The first-order chi connectivity index (χ1) is 17.2. The molecule has 36 heavy (non-hydrogen) atoms. The van der Waals surface area contributed by atoms with Crippen LogP contribution in [0.3, 0.4) is 0 Å². The van der Waals surface area contributed by atoms with Crippen molar-refractivity contribution in [2.75, 3.05) is 0 Å². The van der Waals surface area contributed by atoms with E-state index in [2.05, 4.69) is 74.6 Å². The van der Waals surface area contributed by atoms with E-state index in [1.807, 2.05) is 17.5 Å². The molecular weight excluding hydrogens is 505 g/mol. The van der Waals surface area contributed by atoms with E-state index in [1.165, 1.54) is 58.5 Å². The molecule has 0 N–H and O–H groups in total. The summed E-state index contributed by atoms with van der Waals surface area (Å²) in [7, 11) is -0.504. The van der Waals surface area contributed by atoms with Crippen molar-refractivity contribution in [3.05, 3.63) is 35.3 Å². The maximum Gasteiger partial charge on any atom is 0.498 e. The van der Waals surface area contributed by atoms with Gasteiger partial charge >= 0.3 is 7.12 Å². The Kier molecular flexibility index (Phi) is 7.40. The molecule has 1 saturated heterocycles. The fraction of sp³-hybridized carbons (Fsp3) is 0.519. The summed E-state index contributed by atoms with van der Waals surface area (Å²) >= 11 is 4.91. The third-order valence-corrected chi connectivity index (χ3v) is 10.5. The molecule has 4 aromatic heterocycles. The Hall–Kier alpha value is -1.65. The largest absolute Gasteiger partial charge is 0.498 e. The molecule has 5 nitrogen and oxygen atoms in total. The first kappa shape index (κ1) is 26.0. The maximum atomic E-state index is 6.27. The van der Waals surface area contributed by atoms with E-state index >= 15 is 0 Å². The van der Waals surface area contributed by atoms with Crippen LogP contribution in [0.4, 0.5) is 0 Å². The first-order valence-electron chi connectivity index (χ1n) is 12.9. The summed E-state index contributed by atoms with van der Waals surface area (Å²) < 4.78 is 21.8. The molecule has 190 valence electrons. The van der Waals surface area contributed by atoms with Crippen LogP contribution in [0.1, 0.15) is 72.1 Å². The highest BCUT2D eigenvalue weighted by atomic mass is 32.1. The molecule has 1 unspecified atom stereocenters. The average molecular weight is 540 g/mol. The summed E-state index contributed by atoms with van der Waals surface area (Å²) in [6.07, 6.45) is 8.22. The second-order valence-corrected chi connectivity index (χ2v) is 13.4. The SMILES string of the molecule is CCCCC(CC)Cc1ccc(-c2ccc(-c3ncc(B4OC(C)(C)C(C)(C)O4)c4nsnc34)s2)s1. The van der Waals surface area contributed by atoms with E-state index in [1.54, 1.807) is 11.3 Å². The quantitative estimate of drug-likeness (QED) is 0.205.